The molecule has 0 saturated heterocycles. The fourth-order valence-corrected chi connectivity index (χ4v) is 3.43. The third kappa shape index (κ3) is 4.67. The highest BCUT2D eigenvalue weighted by atomic mass is 32.1. The standard InChI is InChI=1S/C22H25N3O4S/c1-14-5-4-6-19(15(14)2)25-21(27)17-8-7-16(13-18(17)24-22(25)30)20(26)23-9-10-29-12-11-28-3/h4-8,13H,9-12H2,1-3H3,(H,23,26)(H,24,30). The third-order valence-corrected chi connectivity index (χ3v) is 5.23. The quantitative estimate of drug-likeness (QED) is 0.426. The molecule has 0 unspecified atom stereocenters. The number of nitrogens with one attached hydrogen (secondary N) is 2. The van der Waals surface area contributed by atoms with Crippen molar-refractivity contribution in [3.05, 3.63) is 68.2 Å². The second-order valence-electron chi connectivity index (χ2n) is 6.91. The van der Waals surface area contributed by atoms with Gasteiger partial charge in [-0.15, -0.1) is 0 Å². The first kappa shape index (κ1) is 21.9. The van der Waals surface area contributed by atoms with E-state index in [0.29, 0.717) is 42.8 Å². The monoisotopic (exact) mass is 427 g/mol. The minimum absolute atomic E-state index is 0.221. The molecule has 1 heterocycles. The van der Waals surface area contributed by atoms with E-state index in [4.69, 9.17) is 21.7 Å². The van der Waals surface area contributed by atoms with Gasteiger partial charge in [-0.05, 0) is 61.5 Å². The topological polar surface area (TPSA) is 85.3 Å². The summed E-state index contributed by atoms with van der Waals surface area (Å²) in [6.07, 6.45) is 0. The number of benzene rings is 2. The predicted molar refractivity (Wildman–Crippen MR) is 119 cm³/mol. The summed E-state index contributed by atoms with van der Waals surface area (Å²) in [6.45, 7) is 5.72. The molecule has 2 aromatic carbocycles. The number of fused-ring (bicyclic) bond motifs is 1. The van der Waals surface area contributed by atoms with Crippen molar-refractivity contribution >= 4 is 29.0 Å². The number of H-pyrrole nitrogens is 1. The van der Waals surface area contributed by atoms with Gasteiger partial charge in [0.2, 0.25) is 0 Å². The van der Waals surface area contributed by atoms with Crippen molar-refractivity contribution < 1.29 is 14.3 Å². The Kier molecular flexibility index (Phi) is 7.15. The number of nitrogens with zero attached hydrogens (tertiary/aromatic N) is 1. The first-order valence-electron chi connectivity index (χ1n) is 9.64. The van der Waals surface area contributed by atoms with E-state index in [-0.39, 0.29) is 16.2 Å². The third-order valence-electron chi connectivity index (χ3n) is 4.94. The van der Waals surface area contributed by atoms with Crippen LogP contribution in [0.3, 0.4) is 0 Å². The summed E-state index contributed by atoms with van der Waals surface area (Å²) in [5, 5.41) is 3.25. The predicted octanol–water partition coefficient (Wildman–Crippen LogP) is 3.06. The van der Waals surface area contributed by atoms with E-state index in [1.807, 2.05) is 32.0 Å². The number of ether oxygens (including phenoxy) is 2. The van der Waals surface area contributed by atoms with Crippen molar-refractivity contribution in [1.29, 1.82) is 0 Å². The molecule has 158 valence electrons. The Bertz CT molecular complexity index is 1180. The smallest absolute Gasteiger partial charge is 0.266 e. The Morgan fingerprint density at radius 3 is 2.73 bits per heavy atom. The van der Waals surface area contributed by atoms with Gasteiger partial charge in [-0.3, -0.25) is 14.2 Å². The Morgan fingerprint density at radius 1 is 1.17 bits per heavy atom. The average Bonchev–Trinajstić information content (AvgIpc) is 2.73. The zero-order valence-electron chi connectivity index (χ0n) is 17.3. The molecule has 7 nitrogen and oxygen atoms in total. The zero-order valence-corrected chi connectivity index (χ0v) is 18.1. The molecule has 0 atom stereocenters. The Balaban J connectivity index is 1.86. The number of aryl methyl sites for hydroxylation is 1. The highest BCUT2D eigenvalue weighted by molar-refractivity contribution is 7.71. The van der Waals surface area contributed by atoms with Gasteiger partial charge in [0.1, 0.15) is 0 Å². The van der Waals surface area contributed by atoms with E-state index >= 15 is 0 Å². The minimum Gasteiger partial charge on any atom is -0.382 e. The van der Waals surface area contributed by atoms with Gasteiger partial charge in [0, 0.05) is 19.2 Å². The van der Waals surface area contributed by atoms with Crippen molar-refractivity contribution in [2.45, 2.75) is 13.8 Å². The molecule has 0 saturated carbocycles. The van der Waals surface area contributed by atoms with Gasteiger partial charge in [0.15, 0.2) is 4.77 Å². The van der Waals surface area contributed by atoms with Crippen molar-refractivity contribution in [3.63, 3.8) is 0 Å². The summed E-state index contributed by atoms with van der Waals surface area (Å²) in [6, 6.07) is 10.7. The summed E-state index contributed by atoms with van der Waals surface area (Å²) in [5.41, 5.74) is 3.55. The van der Waals surface area contributed by atoms with Gasteiger partial charge in [0.05, 0.1) is 36.4 Å². The van der Waals surface area contributed by atoms with Gasteiger partial charge in [-0.25, -0.2) is 0 Å². The molecular weight excluding hydrogens is 402 g/mol. The average molecular weight is 428 g/mol. The van der Waals surface area contributed by atoms with Crippen LogP contribution >= 0.6 is 12.2 Å². The van der Waals surface area contributed by atoms with Crippen LogP contribution < -0.4 is 10.9 Å². The van der Waals surface area contributed by atoms with Gasteiger partial charge >= 0.3 is 0 Å². The molecule has 1 amide bonds. The van der Waals surface area contributed by atoms with Crippen molar-refractivity contribution in [2.75, 3.05) is 33.5 Å². The number of aromatic nitrogens is 2. The highest BCUT2D eigenvalue weighted by Crippen LogP contribution is 2.18. The fraction of sp³-hybridized carbons (Fsp3) is 0.318. The Hall–Kier alpha value is -2.81. The van der Waals surface area contributed by atoms with Crippen LogP contribution in [-0.4, -0.2) is 48.9 Å². The molecule has 2 N–H and O–H groups in total. The van der Waals surface area contributed by atoms with E-state index in [2.05, 4.69) is 10.3 Å². The number of amides is 1. The molecule has 8 heteroatoms. The largest absolute Gasteiger partial charge is 0.382 e. The van der Waals surface area contributed by atoms with Gasteiger partial charge in [0.25, 0.3) is 11.5 Å². The van der Waals surface area contributed by atoms with Crippen LogP contribution in [-0.2, 0) is 9.47 Å². The minimum atomic E-state index is -0.245. The molecular formula is C22H25N3O4S. The van der Waals surface area contributed by atoms with E-state index in [1.165, 1.54) is 4.57 Å². The molecule has 0 spiro atoms. The van der Waals surface area contributed by atoms with Gasteiger partial charge < -0.3 is 19.8 Å². The van der Waals surface area contributed by atoms with E-state index < -0.39 is 0 Å². The summed E-state index contributed by atoms with van der Waals surface area (Å²) in [4.78, 5) is 28.6. The normalized spacial score (nSPS) is 11.0. The van der Waals surface area contributed by atoms with Gasteiger partial charge in [-0.1, -0.05) is 12.1 Å². The fourth-order valence-electron chi connectivity index (χ4n) is 3.14. The molecule has 0 aliphatic heterocycles. The van der Waals surface area contributed by atoms with Crippen molar-refractivity contribution in [2.24, 2.45) is 0 Å². The number of methoxy groups -OCH3 is 1. The summed E-state index contributed by atoms with van der Waals surface area (Å²) in [7, 11) is 1.60. The lowest BCUT2D eigenvalue weighted by molar-refractivity contribution is 0.0693. The first-order chi connectivity index (χ1) is 14.4. The lowest BCUT2D eigenvalue weighted by atomic mass is 10.1. The summed E-state index contributed by atoms with van der Waals surface area (Å²) < 4.78 is 12.0. The van der Waals surface area contributed by atoms with Crippen LogP contribution in [0.15, 0.2) is 41.2 Å². The maximum absolute atomic E-state index is 13.1. The zero-order chi connectivity index (χ0) is 21.7. The van der Waals surface area contributed by atoms with E-state index in [9.17, 15) is 9.59 Å². The maximum atomic E-state index is 13.1. The lowest BCUT2D eigenvalue weighted by Gasteiger charge is -2.13. The molecule has 0 aliphatic rings. The van der Waals surface area contributed by atoms with Crippen LogP contribution in [0.2, 0.25) is 0 Å². The number of carbonyl (C=O) groups excluding carboxylic acids is 1. The van der Waals surface area contributed by atoms with E-state index in [1.54, 1.807) is 25.3 Å². The number of carbonyl (C=O) groups is 1. The molecule has 0 radical (unpaired) electrons. The van der Waals surface area contributed by atoms with Crippen LogP contribution in [0, 0.1) is 18.6 Å². The molecule has 3 rings (SSSR count). The second-order valence-corrected chi connectivity index (χ2v) is 7.30. The second kappa shape index (κ2) is 9.80. The van der Waals surface area contributed by atoms with Crippen molar-refractivity contribution in [3.8, 4) is 5.69 Å². The number of hydrogen-bond acceptors (Lipinski definition) is 5. The molecule has 0 aliphatic carbocycles. The maximum Gasteiger partial charge on any atom is 0.266 e. The van der Waals surface area contributed by atoms with Crippen molar-refractivity contribution in [1.82, 2.24) is 14.9 Å². The highest BCUT2D eigenvalue weighted by Gasteiger charge is 2.13. The number of aromatic amines is 1. The van der Waals surface area contributed by atoms with Crippen LogP contribution in [0.4, 0.5) is 0 Å². The summed E-state index contributed by atoms with van der Waals surface area (Å²) >= 11 is 5.46. The number of hydrogen-bond donors (Lipinski definition) is 2. The van der Waals surface area contributed by atoms with E-state index in [0.717, 1.165) is 16.8 Å². The van der Waals surface area contributed by atoms with Crippen LogP contribution in [0.5, 0.6) is 0 Å². The molecule has 0 fully saturated rings. The van der Waals surface area contributed by atoms with Gasteiger partial charge in [-0.2, -0.15) is 0 Å². The first-order valence-corrected chi connectivity index (χ1v) is 10.1. The van der Waals surface area contributed by atoms with Crippen LogP contribution in [0.1, 0.15) is 21.5 Å². The molecule has 0 bridgehead atoms. The molecule has 1 aromatic heterocycles. The Morgan fingerprint density at radius 2 is 1.97 bits per heavy atom. The van der Waals surface area contributed by atoms with Crippen LogP contribution in [0.25, 0.3) is 16.6 Å². The number of rotatable bonds is 8. The lowest BCUT2D eigenvalue weighted by Crippen LogP contribution is -2.28. The summed E-state index contributed by atoms with van der Waals surface area (Å²) in [5.74, 6) is -0.245. The SMILES string of the molecule is COCCOCCNC(=O)c1ccc2c(=O)n(-c3cccc(C)c3C)c(=S)[nH]c2c1. The molecule has 30 heavy (non-hydrogen) atoms. The Labute approximate surface area is 179 Å². The molecule has 3 aromatic rings.